The number of hydrogen-bond donors (Lipinski definition) is 0. The van der Waals surface area contributed by atoms with Gasteiger partial charge in [-0.25, -0.2) is 4.98 Å². The van der Waals surface area contributed by atoms with E-state index in [2.05, 4.69) is 28.5 Å². The van der Waals surface area contributed by atoms with Crippen LogP contribution in [0.3, 0.4) is 0 Å². The van der Waals surface area contributed by atoms with Crippen molar-refractivity contribution in [3.8, 4) is 0 Å². The van der Waals surface area contributed by atoms with Gasteiger partial charge < -0.3 is 9.47 Å². The fourth-order valence-electron chi connectivity index (χ4n) is 2.04. The van der Waals surface area contributed by atoms with Crippen LogP contribution in [-0.4, -0.2) is 35.1 Å². The number of benzene rings is 1. The highest BCUT2D eigenvalue weighted by atomic mass is 35.5. The van der Waals surface area contributed by atoms with Crippen molar-refractivity contribution < 1.29 is 0 Å². The summed E-state index contributed by atoms with van der Waals surface area (Å²) in [5.41, 5.74) is 2.16. The van der Waals surface area contributed by atoms with Gasteiger partial charge in [-0.1, -0.05) is 11.6 Å². The normalized spacial score (nSPS) is 11.6. The maximum Gasteiger partial charge on any atom is 0.106 e. The van der Waals surface area contributed by atoms with E-state index in [-0.39, 0.29) is 0 Å². The van der Waals surface area contributed by atoms with Crippen molar-refractivity contribution in [2.45, 2.75) is 19.9 Å². The summed E-state index contributed by atoms with van der Waals surface area (Å²) in [5.74, 6) is 1.06. The Morgan fingerprint density at radius 2 is 2.12 bits per heavy atom. The van der Waals surface area contributed by atoms with Crippen molar-refractivity contribution in [2.75, 3.05) is 20.6 Å². The highest BCUT2D eigenvalue weighted by Crippen LogP contribution is 2.20. The van der Waals surface area contributed by atoms with Gasteiger partial charge in [-0.05, 0) is 52.2 Å². The Morgan fingerprint density at radius 3 is 2.82 bits per heavy atom. The Hall–Kier alpha value is -1.06. The molecule has 0 N–H and O–H groups in total. The van der Waals surface area contributed by atoms with Crippen molar-refractivity contribution in [1.82, 2.24) is 14.5 Å². The third-order valence-corrected chi connectivity index (χ3v) is 3.12. The molecule has 2 aromatic rings. The van der Waals surface area contributed by atoms with Gasteiger partial charge in [0.2, 0.25) is 0 Å². The molecular formula is C13H18ClN3. The molecule has 0 aliphatic heterocycles. The smallest absolute Gasteiger partial charge is 0.106 e. The van der Waals surface area contributed by atoms with Crippen LogP contribution in [0.2, 0.25) is 5.02 Å². The summed E-state index contributed by atoms with van der Waals surface area (Å²) in [6, 6.07) is 5.86. The molecule has 0 fully saturated rings. The summed E-state index contributed by atoms with van der Waals surface area (Å²) in [7, 11) is 4.19. The molecule has 0 aliphatic carbocycles. The average molecular weight is 252 g/mol. The van der Waals surface area contributed by atoms with Crippen LogP contribution in [0.25, 0.3) is 11.0 Å². The minimum atomic E-state index is 0.770. The summed E-state index contributed by atoms with van der Waals surface area (Å²) < 4.78 is 2.24. The average Bonchev–Trinajstić information content (AvgIpc) is 2.55. The van der Waals surface area contributed by atoms with E-state index < -0.39 is 0 Å². The lowest BCUT2D eigenvalue weighted by atomic mass is 10.3. The van der Waals surface area contributed by atoms with E-state index in [1.54, 1.807) is 0 Å². The molecule has 1 aromatic heterocycles. The molecule has 0 saturated heterocycles. The standard InChI is InChI=1S/C13H18ClN3/c1-10-15-12-6-5-11(14)9-13(12)17(10)8-4-7-16(2)3/h5-6,9H,4,7-8H2,1-3H3. The molecule has 0 radical (unpaired) electrons. The first-order valence-corrected chi connectivity index (χ1v) is 6.23. The van der Waals surface area contributed by atoms with Gasteiger partial charge in [-0.3, -0.25) is 0 Å². The molecule has 0 atom stereocenters. The number of fused-ring (bicyclic) bond motifs is 1. The first kappa shape index (κ1) is 12.4. The summed E-state index contributed by atoms with van der Waals surface area (Å²) in [6.07, 6.45) is 1.12. The van der Waals surface area contributed by atoms with Gasteiger partial charge in [0, 0.05) is 11.6 Å². The highest BCUT2D eigenvalue weighted by Gasteiger charge is 2.07. The lowest BCUT2D eigenvalue weighted by Gasteiger charge is -2.11. The molecule has 0 amide bonds. The van der Waals surface area contributed by atoms with E-state index in [0.717, 1.165) is 41.4 Å². The van der Waals surface area contributed by atoms with E-state index >= 15 is 0 Å². The maximum atomic E-state index is 6.04. The first-order valence-electron chi connectivity index (χ1n) is 5.85. The maximum absolute atomic E-state index is 6.04. The zero-order valence-electron chi connectivity index (χ0n) is 10.6. The first-order chi connectivity index (χ1) is 8.08. The van der Waals surface area contributed by atoms with Crippen LogP contribution in [0.5, 0.6) is 0 Å². The van der Waals surface area contributed by atoms with Crippen molar-refractivity contribution >= 4 is 22.6 Å². The van der Waals surface area contributed by atoms with E-state index in [1.165, 1.54) is 0 Å². The molecule has 0 spiro atoms. The summed E-state index contributed by atoms with van der Waals surface area (Å²) >= 11 is 6.04. The molecule has 17 heavy (non-hydrogen) atoms. The van der Waals surface area contributed by atoms with Crippen molar-refractivity contribution in [2.24, 2.45) is 0 Å². The van der Waals surface area contributed by atoms with Crippen molar-refractivity contribution in [3.05, 3.63) is 29.0 Å². The molecule has 0 aliphatic rings. The van der Waals surface area contributed by atoms with Crippen molar-refractivity contribution in [3.63, 3.8) is 0 Å². The largest absolute Gasteiger partial charge is 0.328 e. The predicted molar refractivity (Wildman–Crippen MR) is 72.7 cm³/mol. The summed E-state index contributed by atoms with van der Waals surface area (Å²) in [5, 5.41) is 0.770. The van der Waals surface area contributed by atoms with Crippen LogP contribution in [0.1, 0.15) is 12.2 Å². The fraction of sp³-hybridized carbons (Fsp3) is 0.462. The van der Waals surface area contributed by atoms with Gasteiger partial charge in [0.1, 0.15) is 5.82 Å². The second kappa shape index (κ2) is 5.07. The molecule has 4 heteroatoms. The van der Waals surface area contributed by atoms with Crippen LogP contribution in [0, 0.1) is 6.92 Å². The molecule has 3 nitrogen and oxygen atoms in total. The molecule has 2 rings (SSSR count). The Kier molecular flexibility index (Phi) is 3.69. The second-order valence-electron chi connectivity index (χ2n) is 4.60. The Bertz CT molecular complexity index is 517. The van der Waals surface area contributed by atoms with Gasteiger partial charge in [-0.2, -0.15) is 0 Å². The number of hydrogen-bond acceptors (Lipinski definition) is 2. The number of nitrogens with zero attached hydrogens (tertiary/aromatic N) is 3. The van der Waals surface area contributed by atoms with Crippen LogP contribution in [0.4, 0.5) is 0 Å². The number of rotatable bonds is 4. The minimum absolute atomic E-state index is 0.770. The van der Waals surface area contributed by atoms with Gasteiger partial charge in [0.05, 0.1) is 11.0 Å². The molecule has 1 heterocycles. The molecule has 0 bridgehead atoms. The van der Waals surface area contributed by atoms with E-state index in [0.29, 0.717) is 0 Å². The lowest BCUT2D eigenvalue weighted by Crippen LogP contribution is -2.15. The van der Waals surface area contributed by atoms with Crippen LogP contribution >= 0.6 is 11.6 Å². The van der Waals surface area contributed by atoms with E-state index in [1.807, 2.05) is 25.1 Å². The van der Waals surface area contributed by atoms with Crippen LogP contribution < -0.4 is 0 Å². The highest BCUT2D eigenvalue weighted by molar-refractivity contribution is 6.31. The predicted octanol–water partition coefficient (Wildman–Crippen LogP) is 2.95. The van der Waals surface area contributed by atoms with Crippen LogP contribution in [0.15, 0.2) is 18.2 Å². The zero-order valence-corrected chi connectivity index (χ0v) is 11.3. The quantitative estimate of drug-likeness (QED) is 0.833. The summed E-state index contributed by atoms with van der Waals surface area (Å²) in [6.45, 7) is 4.12. The van der Waals surface area contributed by atoms with E-state index in [9.17, 15) is 0 Å². The number of aromatic nitrogens is 2. The van der Waals surface area contributed by atoms with Gasteiger partial charge in [0.25, 0.3) is 0 Å². The third kappa shape index (κ3) is 2.79. The van der Waals surface area contributed by atoms with Gasteiger partial charge in [-0.15, -0.1) is 0 Å². The number of aryl methyl sites for hydroxylation is 2. The van der Waals surface area contributed by atoms with Gasteiger partial charge >= 0.3 is 0 Å². The molecule has 92 valence electrons. The molecule has 1 aromatic carbocycles. The van der Waals surface area contributed by atoms with Gasteiger partial charge in [0.15, 0.2) is 0 Å². The Labute approximate surface area is 107 Å². The Morgan fingerprint density at radius 1 is 1.35 bits per heavy atom. The topological polar surface area (TPSA) is 21.1 Å². The molecule has 0 unspecified atom stereocenters. The monoisotopic (exact) mass is 251 g/mol. The molecular weight excluding hydrogens is 234 g/mol. The van der Waals surface area contributed by atoms with E-state index in [4.69, 9.17) is 11.6 Å². The fourth-order valence-corrected chi connectivity index (χ4v) is 2.21. The second-order valence-corrected chi connectivity index (χ2v) is 5.04. The number of imidazole rings is 1. The summed E-state index contributed by atoms with van der Waals surface area (Å²) in [4.78, 5) is 6.74. The number of halogens is 1. The van der Waals surface area contributed by atoms with Crippen molar-refractivity contribution in [1.29, 1.82) is 0 Å². The van der Waals surface area contributed by atoms with Crippen LogP contribution in [-0.2, 0) is 6.54 Å². The SMILES string of the molecule is Cc1nc2ccc(Cl)cc2n1CCCN(C)C. The molecule has 0 saturated carbocycles. The lowest BCUT2D eigenvalue weighted by molar-refractivity contribution is 0.387. The minimum Gasteiger partial charge on any atom is -0.328 e. The Balaban J connectivity index is 2.26. The third-order valence-electron chi connectivity index (χ3n) is 2.89. The zero-order chi connectivity index (χ0) is 12.4.